The SMILES string of the molecule is CCOC(=O)C1=CCC[C@H](c2ccccc2)[C@@H]1P(=O)(OC)OC. The summed E-state index contributed by atoms with van der Waals surface area (Å²) in [6, 6.07) is 9.73. The number of ether oxygens (including phenoxy) is 1. The normalized spacial score (nSPS) is 21.6. The van der Waals surface area contributed by atoms with Crippen molar-refractivity contribution in [3.63, 3.8) is 0 Å². The van der Waals surface area contributed by atoms with Crippen molar-refractivity contribution in [2.75, 3.05) is 20.8 Å². The van der Waals surface area contributed by atoms with Crippen LogP contribution in [0.5, 0.6) is 0 Å². The fourth-order valence-electron chi connectivity index (χ4n) is 3.07. The number of esters is 1. The number of rotatable bonds is 6. The van der Waals surface area contributed by atoms with Gasteiger partial charge in [0.1, 0.15) is 0 Å². The average Bonchev–Trinajstić information content (AvgIpc) is 2.61. The summed E-state index contributed by atoms with van der Waals surface area (Å²) in [6.07, 6.45) is 3.29. The van der Waals surface area contributed by atoms with E-state index in [4.69, 9.17) is 13.8 Å². The van der Waals surface area contributed by atoms with Crippen LogP contribution in [0.2, 0.25) is 0 Å². The highest BCUT2D eigenvalue weighted by molar-refractivity contribution is 7.55. The van der Waals surface area contributed by atoms with Crippen molar-refractivity contribution in [1.29, 1.82) is 0 Å². The lowest BCUT2D eigenvalue weighted by molar-refractivity contribution is -0.138. The van der Waals surface area contributed by atoms with E-state index in [0.717, 1.165) is 18.4 Å². The van der Waals surface area contributed by atoms with Gasteiger partial charge in [0, 0.05) is 25.7 Å². The van der Waals surface area contributed by atoms with Gasteiger partial charge in [-0.15, -0.1) is 0 Å². The summed E-state index contributed by atoms with van der Waals surface area (Å²) in [5.41, 5.74) is 0.744. The molecule has 1 aliphatic rings. The first kappa shape index (κ1) is 17.9. The van der Waals surface area contributed by atoms with Crippen LogP contribution in [-0.4, -0.2) is 32.5 Å². The van der Waals surface area contributed by atoms with Crippen LogP contribution in [-0.2, 0) is 23.1 Å². The summed E-state index contributed by atoms with van der Waals surface area (Å²) in [5.74, 6) is -0.571. The van der Waals surface area contributed by atoms with Gasteiger partial charge in [0.2, 0.25) is 0 Å². The van der Waals surface area contributed by atoms with Crippen LogP contribution < -0.4 is 0 Å². The van der Waals surface area contributed by atoms with Gasteiger partial charge in [-0.05, 0) is 25.3 Å². The predicted octanol–water partition coefficient (Wildman–Crippen LogP) is 3.91. The van der Waals surface area contributed by atoms with Crippen molar-refractivity contribution >= 4 is 13.6 Å². The molecular weight excluding hydrogens is 315 g/mol. The van der Waals surface area contributed by atoms with Gasteiger partial charge >= 0.3 is 13.6 Å². The van der Waals surface area contributed by atoms with E-state index in [1.807, 2.05) is 30.3 Å². The summed E-state index contributed by atoms with van der Waals surface area (Å²) in [7, 11) is -0.779. The summed E-state index contributed by atoms with van der Waals surface area (Å²) >= 11 is 0. The Balaban J connectivity index is 2.49. The second-order valence-electron chi connectivity index (χ2n) is 5.32. The van der Waals surface area contributed by atoms with Crippen molar-refractivity contribution in [2.24, 2.45) is 0 Å². The third kappa shape index (κ3) is 3.74. The van der Waals surface area contributed by atoms with Gasteiger partial charge in [0.15, 0.2) is 0 Å². The zero-order chi connectivity index (χ0) is 16.9. The molecule has 2 atom stereocenters. The van der Waals surface area contributed by atoms with E-state index in [1.165, 1.54) is 14.2 Å². The second kappa shape index (κ2) is 7.91. The Morgan fingerprint density at radius 2 is 1.87 bits per heavy atom. The molecule has 0 amide bonds. The fourth-order valence-corrected chi connectivity index (χ4v) is 4.99. The van der Waals surface area contributed by atoms with Crippen LogP contribution in [0.1, 0.15) is 31.2 Å². The molecule has 0 saturated heterocycles. The molecule has 0 aliphatic heterocycles. The molecule has 0 spiro atoms. The number of hydrogen-bond donors (Lipinski definition) is 0. The van der Waals surface area contributed by atoms with Gasteiger partial charge < -0.3 is 13.8 Å². The highest BCUT2D eigenvalue weighted by Gasteiger charge is 2.46. The Morgan fingerprint density at radius 3 is 2.43 bits per heavy atom. The van der Waals surface area contributed by atoms with E-state index in [2.05, 4.69) is 0 Å². The molecule has 0 N–H and O–H groups in total. The fraction of sp³-hybridized carbons (Fsp3) is 0.471. The molecule has 0 heterocycles. The number of allylic oxidation sites excluding steroid dienone is 1. The maximum absolute atomic E-state index is 13.1. The van der Waals surface area contributed by atoms with E-state index in [1.54, 1.807) is 13.0 Å². The van der Waals surface area contributed by atoms with Gasteiger partial charge in [-0.2, -0.15) is 0 Å². The molecule has 2 rings (SSSR count). The Morgan fingerprint density at radius 1 is 1.22 bits per heavy atom. The van der Waals surface area contributed by atoms with E-state index >= 15 is 0 Å². The molecular formula is C17H23O5P. The lowest BCUT2D eigenvalue weighted by Gasteiger charge is -2.35. The molecule has 1 aromatic rings. The topological polar surface area (TPSA) is 61.8 Å². The van der Waals surface area contributed by atoms with Crippen molar-refractivity contribution in [3.8, 4) is 0 Å². The van der Waals surface area contributed by atoms with Crippen molar-refractivity contribution in [1.82, 2.24) is 0 Å². The molecule has 0 radical (unpaired) electrons. The minimum absolute atomic E-state index is 0.119. The highest BCUT2D eigenvalue weighted by atomic mass is 31.2. The minimum Gasteiger partial charge on any atom is -0.463 e. The largest absolute Gasteiger partial charge is 0.463 e. The average molecular weight is 338 g/mol. The van der Waals surface area contributed by atoms with Crippen molar-refractivity contribution < 1.29 is 23.1 Å². The number of benzene rings is 1. The van der Waals surface area contributed by atoms with Gasteiger partial charge in [0.05, 0.1) is 12.3 Å². The molecule has 1 aliphatic carbocycles. The third-order valence-electron chi connectivity index (χ3n) is 4.13. The Kier molecular flexibility index (Phi) is 6.17. The number of hydrogen-bond acceptors (Lipinski definition) is 5. The highest BCUT2D eigenvalue weighted by Crippen LogP contribution is 2.61. The molecule has 0 bridgehead atoms. The third-order valence-corrected chi connectivity index (χ3v) is 6.47. The first-order valence-electron chi connectivity index (χ1n) is 7.70. The standard InChI is InChI=1S/C17H23O5P/c1-4-22-17(18)15-12-8-11-14(13-9-6-5-7-10-13)16(15)23(19,20-2)21-3/h5-7,9-10,12,14,16H,4,8,11H2,1-3H3/t14-,16+/m1/s1. The lowest BCUT2D eigenvalue weighted by atomic mass is 9.83. The van der Waals surface area contributed by atoms with Crippen LogP contribution in [0.4, 0.5) is 0 Å². The smallest absolute Gasteiger partial charge is 0.338 e. The maximum Gasteiger partial charge on any atom is 0.338 e. The Hall–Kier alpha value is -1.42. The Bertz CT molecular complexity index is 603. The maximum atomic E-state index is 13.1. The Labute approximate surface area is 137 Å². The molecule has 0 fully saturated rings. The quantitative estimate of drug-likeness (QED) is 0.581. The van der Waals surface area contributed by atoms with Crippen LogP contribution in [0.25, 0.3) is 0 Å². The number of carbonyl (C=O) groups excluding carboxylic acids is 1. The van der Waals surface area contributed by atoms with E-state index in [9.17, 15) is 9.36 Å². The van der Waals surface area contributed by atoms with Gasteiger partial charge in [-0.25, -0.2) is 4.79 Å². The first-order valence-corrected chi connectivity index (χ1v) is 9.31. The van der Waals surface area contributed by atoms with E-state index < -0.39 is 19.2 Å². The molecule has 0 saturated carbocycles. The molecule has 1 aromatic carbocycles. The molecule has 6 heteroatoms. The van der Waals surface area contributed by atoms with Crippen LogP contribution in [0.3, 0.4) is 0 Å². The molecule has 23 heavy (non-hydrogen) atoms. The van der Waals surface area contributed by atoms with Crippen molar-refractivity contribution in [2.45, 2.75) is 31.3 Å². The van der Waals surface area contributed by atoms with Gasteiger partial charge in [-0.3, -0.25) is 4.57 Å². The second-order valence-corrected chi connectivity index (χ2v) is 7.69. The van der Waals surface area contributed by atoms with E-state index in [-0.39, 0.29) is 12.5 Å². The first-order chi connectivity index (χ1) is 11.1. The number of carbonyl (C=O) groups is 1. The van der Waals surface area contributed by atoms with Gasteiger partial charge in [0.25, 0.3) is 0 Å². The van der Waals surface area contributed by atoms with Gasteiger partial charge in [-0.1, -0.05) is 36.4 Å². The molecule has 0 unspecified atom stereocenters. The van der Waals surface area contributed by atoms with Crippen LogP contribution in [0, 0.1) is 0 Å². The zero-order valence-electron chi connectivity index (χ0n) is 13.7. The molecule has 126 valence electrons. The van der Waals surface area contributed by atoms with Crippen molar-refractivity contribution in [3.05, 3.63) is 47.5 Å². The van der Waals surface area contributed by atoms with Crippen LogP contribution >= 0.6 is 7.60 Å². The summed E-state index contributed by atoms with van der Waals surface area (Å²) < 4.78 is 28.7. The predicted molar refractivity (Wildman–Crippen MR) is 88.5 cm³/mol. The summed E-state index contributed by atoms with van der Waals surface area (Å²) in [6.45, 7) is 2.01. The lowest BCUT2D eigenvalue weighted by Crippen LogP contribution is -2.30. The van der Waals surface area contributed by atoms with Crippen LogP contribution in [0.15, 0.2) is 42.0 Å². The summed E-state index contributed by atoms with van der Waals surface area (Å²) in [4.78, 5) is 12.3. The monoisotopic (exact) mass is 338 g/mol. The molecule has 0 aromatic heterocycles. The summed E-state index contributed by atoms with van der Waals surface area (Å²) in [5, 5.41) is 0. The minimum atomic E-state index is -3.48. The molecule has 5 nitrogen and oxygen atoms in total. The zero-order valence-corrected chi connectivity index (χ0v) is 14.6. The van der Waals surface area contributed by atoms with E-state index in [0.29, 0.717) is 5.57 Å².